The van der Waals surface area contributed by atoms with Gasteiger partial charge in [0.05, 0.1) is 12.2 Å². The summed E-state index contributed by atoms with van der Waals surface area (Å²) in [4.78, 5) is 0. The van der Waals surface area contributed by atoms with E-state index in [0.717, 1.165) is 31.8 Å². The molecule has 2 heteroatoms. The maximum atomic E-state index is 6.00. The van der Waals surface area contributed by atoms with E-state index in [1.54, 1.807) is 0 Å². The normalized spacial score (nSPS) is 16.2. The minimum absolute atomic E-state index is 0.0674. The van der Waals surface area contributed by atoms with Crippen LogP contribution in [0.25, 0.3) is 0 Å². The molecule has 2 nitrogen and oxygen atoms in total. The fourth-order valence-electron chi connectivity index (χ4n) is 1.48. The van der Waals surface area contributed by atoms with Gasteiger partial charge in [-0.15, -0.1) is 6.42 Å². The molecule has 2 unspecified atom stereocenters. The molecule has 0 bridgehead atoms. The van der Waals surface area contributed by atoms with Crippen molar-refractivity contribution in [2.75, 3.05) is 19.8 Å². The van der Waals surface area contributed by atoms with E-state index in [1.807, 2.05) is 0 Å². The zero-order chi connectivity index (χ0) is 13.1. The van der Waals surface area contributed by atoms with E-state index in [-0.39, 0.29) is 5.60 Å². The molecule has 0 heterocycles. The molecular formula is C15H28O2. The van der Waals surface area contributed by atoms with Gasteiger partial charge in [-0.3, -0.25) is 0 Å². The van der Waals surface area contributed by atoms with Gasteiger partial charge in [-0.05, 0) is 32.1 Å². The Hall–Kier alpha value is -0.520. The van der Waals surface area contributed by atoms with Gasteiger partial charge in [-0.2, -0.15) is 0 Å². The van der Waals surface area contributed by atoms with Crippen molar-refractivity contribution in [2.45, 2.75) is 59.0 Å². The van der Waals surface area contributed by atoms with Crippen LogP contribution in [-0.4, -0.2) is 25.4 Å². The summed E-state index contributed by atoms with van der Waals surface area (Å²) >= 11 is 0. The third-order valence-corrected chi connectivity index (χ3v) is 3.47. The Morgan fingerprint density at radius 1 is 1.29 bits per heavy atom. The molecule has 17 heavy (non-hydrogen) atoms. The first-order chi connectivity index (χ1) is 8.08. The predicted octanol–water partition coefficient (Wildman–Crippen LogP) is 3.65. The molecule has 0 aliphatic heterocycles. The Morgan fingerprint density at radius 2 is 2.00 bits per heavy atom. The Balaban J connectivity index is 3.81. The number of rotatable bonds is 10. The van der Waals surface area contributed by atoms with E-state index >= 15 is 0 Å². The zero-order valence-electron chi connectivity index (χ0n) is 11.9. The summed E-state index contributed by atoms with van der Waals surface area (Å²) < 4.78 is 11.3. The SMILES string of the molecule is C#CCOCCC(C)(CC)OCCC(C)CC. The standard InChI is InChI=1S/C15H28O2/c1-6-11-16-13-10-15(5,8-3)17-12-9-14(4)7-2/h1,14H,7-13H2,2-5H3. The van der Waals surface area contributed by atoms with Gasteiger partial charge in [0.25, 0.3) is 0 Å². The van der Waals surface area contributed by atoms with E-state index in [1.165, 1.54) is 6.42 Å². The second-order valence-electron chi connectivity index (χ2n) is 4.96. The monoisotopic (exact) mass is 240 g/mol. The van der Waals surface area contributed by atoms with Gasteiger partial charge in [0.2, 0.25) is 0 Å². The molecule has 0 spiro atoms. The van der Waals surface area contributed by atoms with E-state index in [0.29, 0.717) is 13.2 Å². The van der Waals surface area contributed by atoms with Gasteiger partial charge in [-0.1, -0.05) is 33.1 Å². The molecule has 0 aliphatic carbocycles. The van der Waals surface area contributed by atoms with Crippen molar-refractivity contribution < 1.29 is 9.47 Å². The van der Waals surface area contributed by atoms with Crippen LogP contribution in [0.1, 0.15) is 53.4 Å². The average molecular weight is 240 g/mol. The molecule has 0 saturated carbocycles. The van der Waals surface area contributed by atoms with E-state index < -0.39 is 0 Å². The Labute approximate surface area is 107 Å². The second kappa shape index (κ2) is 9.50. The fourth-order valence-corrected chi connectivity index (χ4v) is 1.48. The summed E-state index contributed by atoms with van der Waals surface area (Å²) in [7, 11) is 0. The van der Waals surface area contributed by atoms with Gasteiger partial charge in [0.15, 0.2) is 0 Å². The molecule has 0 saturated heterocycles. The largest absolute Gasteiger partial charge is 0.375 e. The molecule has 2 atom stereocenters. The molecule has 0 fully saturated rings. The van der Waals surface area contributed by atoms with E-state index in [9.17, 15) is 0 Å². The van der Waals surface area contributed by atoms with Gasteiger partial charge in [-0.25, -0.2) is 0 Å². The molecule has 0 radical (unpaired) electrons. The number of terminal acetylenes is 1. The van der Waals surface area contributed by atoms with Gasteiger partial charge in [0.1, 0.15) is 6.61 Å². The van der Waals surface area contributed by atoms with Crippen LogP contribution < -0.4 is 0 Å². The van der Waals surface area contributed by atoms with E-state index in [4.69, 9.17) is 15.9 Å². The first-order valence-electron chi connectivity index (χ1n) is 6.73. The van der Waals surface area contributed by atoms with Gasteiger partial charge in [0, 0.05) is 6.61 Å². The van der Waals surface area contributed by atoms with Crippen molar-refractivity contribution in [2.24, 2.45) is 5.92 Å². The van der Waals surface area contributed by atoms with Crippen LogP contribution in [0.2, 0.25) is 0 Å². The van der Waals surface area contributed by atoms with Gasteiger partial charge < -0.3 is 9.47 Å². The highest BCUT2D eigenvalue weighted by Crippen LogP contribution is 2.21. The van der Waals surface area contributed by atoms with Crippen LogP contribution in [0, 0.1) is 18.3 Å². The van der Waals surface area contributed by atoms with Crippen molar-refractivity contribution >= 4 is 0 Å². The molecule has 0 aromatic heterocycles. The van der Waals surface area contributed by atoms with Crippen molar-refractivity contribution in [3.05, 3.63) is 0 Å². The fraction of sp³-hybridized carbons (Fsp3) is 0.867. The lowest BCUT2D eigenvalue weighted by Gasteiger charge is -2.29. The molecule has 100 valence electrons. The minimum Gasteiger partial charge on any atom is -0.375 e. The Morgan fingerprint density at radius 3 is 2.53 bits per heavy atom. The maximum absolute atomic E-state index is 6.00. The van der Waals surface area contributed by atoms with Crippen molar-refractivity contribution in [3.63, 3.8) is 0 Å². The molecule has 0 amide bonds. The summed E-state index contributed by atoms with van der Waals surface area (Å²) in [6.07, 6.45) is 9.40. The highest BCUT2D eigenvalue weighted by molar-refractivity contribution is 4.83. The average Bonchev–Trinajstić information content (AvgIpc) is 2.34. The molecule has 0 aromatic rings. The van der Waals surface area contributed by atoms with Crippen molar-refractivity contribution in [3.8, 4) is 12.3 Å². The second-order valence-corrected chi connectivity index (χ2v) is 4.96. The third-order valence-electron chi connectivity index (χ3n) is 3.47. The van der Waals surface area contributed by atoms with Gasteiger partial charge >= 0.3 is 0 Å². The highest BCUT2D eigenvalue weighted by Gasteiger charge is 2.22. The summed E-state index contributed by atoms with van der Waals surface area (Å²) in [6.45, 7) is 10.7. The van der Waals surface area contributed by atoms with Crippen LogP contribution >= 0.6 is 0 Å². The number of ether oxygens (including phenoxy) is 2. The van der Waals surface area contributed by atoms with Crippen LogP contribution in [-0.2, 0) is 9.47 Å². The highest BCUT2D eigenvalue weighted by atomic mass is 16.5. The molecular weight excluding hydrogens is 212 g/mol. The summed E-state index contributed by atoms with van der Waals surface area (Å²) in [5.41, 5.74) is -0.0674. The molecule has 0 rings (SSSR count). The third kappa shape index (κ3) is 8.24. The topological polar surface area (TPSA) is 18.5 Å². The van der Waals surface area contributed by atoms with Crippen molar-refractivity contribution in [1.29, 1.82) is 0 Å². The number of hydrogen-bond donors (Lipinski definition) is 0. The van der Waals surface area contributed by atoms with E-state index in [2.05, 4.69) is 33.6 Å². The van der Waals surface area contributed by atoms with Crippen LogP contribution in [0.3, 0.4) is 0 Å². The first-order valence-corrected chi connectivity index (χ1v) is 6.73. The predicted molar refractivity (Wildman–Crippen MR) is 73.0 cm³/mol. The quantitative estimate of drug-likeness (QED) is 0.429. The van der Waals surface area contributed by atoms with Crippen molar-refractivity contribution in [1.82, 2.24) is 0 Å². The minimum atomic E-state index is -0.0674. The lowest BCUT2D eigenvalue weighted by Crippen LogP contribution is -2.30. The summed E-state index contributed by atoms with van der Waals surface area (Å²) in [5, 5.41) is 0. The molecule has 0 N–H and O–H groups in total. The summed E-state index contributed by atoms with van der Waals surface area (Å²) in [5.74, 6) is 3.22. The summed E-state index contributed by atoms with van der Waals surface area (Å²) in [6, 6.07) is 0. The molecule has 0 aliphatic rings. The number of hydrogen-bond acceptors (Lipinski definition) is 2. The maximum Gasteiger partial charge on any atom is 0.107 e. The first kappa shape index (κ1) is 16.5. The smallest absolute Gasteiger partial charge is 0.107 e. The van der Waals surface area contributed by atoms with Crippen LogP contribution in [0.4, 0.5) is 0 Å². The Kier molecular flexibility index (Phi) is 9.21. The zero-order valence-corrected chi connectivity index (χ0v) is 11.9. The van der Waals surface area contributed by atoms with Crippen LogP contribution in [0.5, 0.6) is 0 Å². The Bertz CT molecular complexity index is 219. The molecule has 0 aromatic carbocycles. The lowest BCUT2D eigenvalue weighted by atomic mass is 9.99. The lowest BCUT2D eigenvalue weighted by molar-refractivity contribution is -0.0579. The van der Waals surface area contributed by atoms with Crippen LogP contribution in [0.15, 0.2) is 0 Å².